The summed E-state index contributed by atoms with van der Waals surface area (Å²) in [7, 11) is 0. The van der Waals surface area contributed by atoms with E-state index in [1.165, 1.54) is 0 Å². The summed E-state index contributed by atoms with van der Waals surface area (Å²) >= 11 is 0. The molecule has 0 amide bonds. The molecule has 94 valence electrons. The van der Waals surface area contributed by atoms with Crippen LogP contribution in [-0.4, -0.2) is 12.4 Å². The van der Waals surface area contributed by atoms with E-state index in [2.05, 4.69) is 5.92 Å². The Labute approximate surface area is 113 Å². The molecule has 0 saturated carbocycles. The molecule has 2 aromatic rings. The minimum atomic E-state index is 0.0923. The molecule has 0 unspecified atom stereocenters. The van der Waals surface area contributed by atoms with Crippen LogP contribution in [0, 0.1) is 12.3 Å². The van der Waals surface area contributed by atoms with Gasteiger partial charge in [-0.25, -0.2) is 0 Å². The van der Waals surface area contributed by atoms with E-state index in [4.69, 9.17) is 11.2 Å². The lowest BCUT2D eigenvalue weighted by Gasteiger charge is -2.04. The molecule has 0 atom stereocenters. The molecular formula is C17H14O2. The zero-order valence-electron chi connectivity index (χ0n) is 10.5. The summed E-state index contributed by atoms with van der Waals surface area (Å²) in [6.45, 7) is 0.233. The number of ketones is 1. The second-order valence-corrected chi connectivity index (χ2v) is 4.10. The van der Waals surface area contributed by atoms with Crippen LogP contribution >= 0.6 is 0 Å². The van der Waals surface area contributed by atoms with Crippen molar-refractivity contribution < 1.29 is 9.53 Å². The summed E-state index contributed by atoms with van der Waals surface area (Å²) in [6, 6.07) is 16.7. The average Bonchev–Trinajstić information content (AvgIpc) is 2.46. The van der Waals surface area contributed by atoms with Gasteiger partial charge in [0.25, 0.3) is 0 Å². The van der Waals surface area contributed by atoms with Crippen LogP contribution in [0.15, 0.2) is 54.6 Å². The van der Waals surface area contributed by atoms with E-state index in [1.54, 1.807) is 24.3 Å². The minimum absolute atomic E-state index is 0.0923. The minimum Gasteiger partial charge on any atom is -0.481 e. The fraction of sp³-hybridized carbons (Fsp3) is 0.118. The molecule has 0 fully saturated rings. The van der Waals surface area contributed by atoms with Gasteiger partial charge >= 0.3 is 0 Å². The SMILES string of the molecule is C#CCOc1ccc(C(=O)Cc2ccccc2)cc1. The van der Waals surface area contributed by atoms with Crippen molar-refractivity contribution in [1.29, 1.82) is 0 Å². The number of carbonyl (C=O) groups is 1. The zero-order valence-corrected chi connectivity index (χ0v) is 10.5. The molecule has 2 nitrogen and oxygen atoms in total. The Kier molecular flexibility index (Phi) is 4.36. The van der Waals surface area contributed by atoms with Crippen molar-refractivity contribution in [2.45, 2.75) is 6.42 Å². The molecule has 0 saturated heterocycles. The third-order valence-electron chi connectivity index (χ3n) is 2.71. The van der Waals surface area contributed by atoms with Crippen molar-refractivity contribution in [3.8, 4) is 18.1 Å². The van der Waals surface area contributed by atoms with Crippen molar-refractivity contribution >= 4 is 5.78 Å². The van der Waals surface area contributed by atoms with Crippen LogP contribution in [0.2, 0.25) is 0 Å². The van der Waals surface area contributed by atoms with Crippen LogP contribution in [0.4, 0.5) is 0 Å². The number of hydrogen-bond donors (Lipinski definition) is 0. The molecule has 0 bridgehead atoms. The smallest absolute Gasteiger partial charge is 0.167 e. The molecule has 0 radical (unpaired) electrons. The van der Waals surface area contributed by atoms with Gasteiger partial charge in [-0.15, -0.1) is 6.42 Å². The number of carbonyl (C=O) groups excluding carboxylic acids is 1. The fourth-order valence-electron chi connectivity index (χ4n) is 1.75. The Hall–Kier alpha value is -2.53. The Bertz CT molecular complexity index is 577. The lowest BCUT2D eigenvalue weighted by molar-refractivity contribution is 0.0993. The number of terminal acetylenes is 1. The maximum absolute atomic E-state index is 12.1. The predicted molar refractivity (Wildman–Crippen MR) is 75.2 cm³/mol. The van der Waals surface area contributed by atoms with E-state index >= 15 is 0 Å². The van der Waals surface area contributed by atoms with Crippen molar-refractivity contribution in [2.24, 2.45) is 0 Å². The highest BCUT2D eigenvalue weighted by molar-refractivity contribution is 5.97. The molecule has 2 rings (SSSR count). The van der Waals surface area contributed by atoms with Gasteiger partial charge in [-0.2, -0.15) is 0 Å². The molecule has 0 heterocycles. The number of rotatable bonds is 5. The Morgan fingerprint density at radius 1 is 1.05 bits per heavy atom. The van der Waals surface area contributed by atoms with Crippen molar-refractivity contribution in [3.05, 3.63) is 65.7 Å². The van der Waals surface area contributed by atoms with E-state index < -0.39 is 0 Å². The van der Waals surface area contributed by atoms with Crippen LogP contribution in [-0.2, 0) is 6.42 Å². The summed E-state index contributed by atoms with van der Waals surface area (Å²) in [4.78, 5) is 12.1. The first kappa shape index (κ1) is 12.9. The topological polar surface area (TPSA) is 26.3 Å². The molecule has 0 spiro atoms. The van der Waals surface area contributed by atoms with E-state index in [1.807, 2.05) is 30.3 Å². The molecule has 19 heavy (non-hydrogen) atoms. The average molecular weight is 250 g/mol. The largest absolute Gasteiger partial charge is 0.481 e. The van der Waals surface area contributed by atoms with Crippen LogP contribution in [0.3, 0.4) is 0 Å². The molecule has 0 aromatic heterocycles. The first-order chi connectivity index (χ1) is 9.29. The number of ether oxygens (including phenoxy) is 1. The second kappa shape index (κ2) is 6.42. The lowest BCUT2D eigenvalue weighted by atomic mass is 10.0. The Morgan fingerprint density at radius 2 is 1.74 bits per heavy atom. The summed E-state index contributed by atoms with van der Waals surface area (Å²) in [6.07, 6.45) is 5.52. The van der Waals surface area contributed by atoms with Crippen LogP contribution in [0.1, 0.15) is 15.9 Å². The predicted octanol–water partition coefficient (Wildman–Crippen LogP) is 3.12. The van der Waals surface area contributed by atoms with E-state index in [0.717, 1.165) is 5.56 Å². The van der Waals surface area contributed by atoms with E-state index in [0.29, 0.717) is 17.7 Å². The number of hydrogen-bond acceptors (Lipinski definition) is 2. The lowest BCUT2D eigenvalue weighted by Crippen LogP contribution is -2.03. The van der Waals surface area contributed by atoms with Gasteiger partial charge in [-0.1, -0.05) is 36.3 Å². The highest BCUT2D eigenvalue weighted by atomic mass is 16.5. The number of benzene rings is 2. The fourth-order valence-corrected chi connectivity index (χ4v) is 1.75. The van der Waals surface area contributed by atoms with Crippen molar-refractivity contribution in [3.63, 3.8) is 0 Å². The maximum Gasteiger partial charge on any atom is 0.167 e. The third-order valence-corrected chi connectivity index (χ3v) is 2.71. The highest BCUT2D eigenvalue weighted by Crippen LogP contribution is 2.14. The van der Waals surface area contributed by atoms with Crippen molar-refractivity contribution in [2.75, 3.05) is 6.61 Å². The van der Waals surface area contributed by atoms with Crippen molar-refractivity contribution in [1.82, 2.24) is 0 Å². The van der Waals surface area contributed by atoms with Gasteiger partial charge in [-0.3, -0.25) is 4.79 Å². The molecule has 0 N–H and O–H groups in total. The standard InChI is InChI=1S/C17H14O2/c1-2-12-19-16-10-8-15(9-11-16)17(18)13-14-6-4-3-5-7-14/h1,3-11H,12-13H2. The van der Waals surface area contributed by atoms with Gasteiger partial charge in [0.05, 0.1) is 0 Å². The van der Waals surface area contributed by atoms with Gasteiger partial charge in [-0.05, 0) is 29.8 Å². The second-order valence-electron chi connectivity index (χ2n) is 4.10. The van der Waals surface area contributed by atoms with Gasteiger partial charge in [0.1, 0.15) is 12.4 Å². The summed E-state index contributed by atoms with van der Waals surface area (Å²) in [5.41, 5.74) is 1.69. The number of Topliss-reactive ketones (excluding diaryl/α,β-unsaturated/α-hetero) is 1. The third kappa shape index (κ3) is 3.72. The maximum atomic E-state index is 12.1. The summed E-state index contributed by atoms with van der Waals surface area (Å²) in [5.74, 6) is 3.16. The summed E-state index contributed by atoms with van der Waals surface area (Å²) in [5, 5.41) is 0. The van der Waals surface area contributed by atoms with Gasteiger partial charge in [0.15, 0.2) is 5.78 Å². The molecule has 0 aliphatic heterocycles. The monoisotopic (exact) mass is 250 g/mol. The Morgan fingerprint density at radius 3 is 2.37 bits per heavy atom. The quantitative estimate of drug-likeness (QED) is 0.602. The van der Waals surface area contributed by atoms with Gasteiger partial charge in [0.2, 0.25) is 0 Å². The molecule has 2 aromatic carbocycles. The van der Waals surface area contributed by atoms with Crippen LogP contribution in [0.5, 0.6) is 5.75 Å². The molecule has 0 aliphatic carbocycles. The highest BCUT2D eigenvalue weighted by Gasteiger charge is 2.06. The van der Waals surface area contributed by atoms with Crippen LogP contribution < -0.4 is 4.74 Å². The molecule has 2 heteroatoms. The Balaban J connectivity index is 2.02. The molecule has 0 aliphatic rings. The molecular weight excluding hydrogens is 236 g/mol. The van der Waals surface area contributed by atoms with E-state index in [-0.39, 0.29) is 12.4 Å². The van der Waals surface area contributed by atoms with E-state index in [9.17, 15) is 4.79 Å². The first-order valence-electron chi connectivity index (χ1n) is 6.03. The van der Waals surface area contributed by atoms with Gasteiger partial charge < -0.3 is 4.74 Å². The zero-order chi connectivity index (χ0) is 13.5. The van der Waals surface area contributed by atoms with Gasteiger partial charge in [0, 0.05) is 12.0 Å². The normalized spacial score (nSPS) is 9.63. The van der Waals surface area contributed by atoms with Crippen LogP contribution in [0.25, 0.3) is 0 Å². The summed E-state index contributed by atoms with van der Waals surface area (Å²) < 4.78 is 5.26. The first-order valence-corrected chi connectivity index (χ1v) is 6.03.